The number of hydrogen-bond donors (Lipinski definition) is 0. The minimum absolute atomic E-state index is 0.0615. The summed E-state index contributed by atoms with van der Waals surface area (Å²) < 4.78 is 37.9. The van der Waals surface area contributed by atoms with Crippen molar-refractivity contribution >= 4 is 9.84 Å². The van der Waals surface area contributed by atoms with E-state index in [-0.39, 0.29) is 17.7 Å². The number of rotatable bonds is 8. The number of sulfone groups is 1. The maximum atomic E-state index is 13.6. The highest BCUT2D eigenvalue weighted by Crippen LogP contribution is 2.43. The van der Waals surface area contributed by atoms with Gasteiger partial charge in [0.2, 0.25) is 0 Å². The van der Waals surface area contributed by atoms with E-state index in [0.29, 0.717) is 13.2 Å². The number of nitrogens with zero attached hydrogens (tertiary/aromatic N) is 1. The lowest BCUT2D eigenvalue weighted by Gasteiger charge is -2.21. The van der Waals surface area contributed by atoms with Gasteiger partial charge in [-0.3, -0.25) is 0 Å². The normalized spacial score (nSPS) is 19.8. The molecule has 2 atom stereocenters. The monoisotopic (exact) mass is 461 g/mol. The fraction of sp³-hybridized carbons (Fsp3) is 0.296. The molecule has 0 amide bonds. The predicted octanol–water partition coefficient (Wildman–Crippen LogP) is 5.00. The van der Waals surface area contributed by atoms with E-state index in [2.05, 4.69) is 6.07 Å². The maximum Gasteiger partial charge on any atom is 0.197 e. The number of ether oxygens (including phenoxy) is 2. The molecule has 3 aromatic carbocycles. The number of hydrogen-bond acceptors (Lipinski definition) is 5. The van der Waals surface area contributed by atoms with Crippen LogP contribution in [0.3, 0.4) is 0 Å². The largest absolute Gasteiger partial charge is 0.371 e. The summed E-state index contributed by atoms with van der Waals surface area (Å²) in [6.45, 7) is 2.54. The van der Waals surface area contributed by atoms with Gasteiger partial charge >= 0.3 is 0 Å². The summed E-state index contributed by atoms with van der Waals surface area (Å²) in [6.07, 6.45) is -0.916. The number of nitriles is 1. The lowest BCUT2D eigenvalue weighted by atomic mass is 10.1. The Balaban J connectivity index is 1.60. The van der Waals surface area contributed by atoms with Gasteiger partial charge in [-0.05, 0) is 30.2 Å². The summed E-state index contributed by atoms with van der Waals surface area (Å²) >= 11 is 0. The molecular formula is C27H27NO4S. The molecule has 0 radical (unpaired) electrons. The van der Waals surface area contributed by atoms with Gasteiger partial charge in [-0.15, -0.1) is 0 Å². The summed E-state index contributed by atoms with van der Waals surface area (Å²) in [5.41, 5.74) is 2.92. The lowest BCUT2D eigenvalue weighted by Crippen LogP contribution is -2.35. The molecule has 0 aliphatic heterocycles. The van der Waals surface area contributed by atoms with E-state index < -0.39 is 26.8 Å². The van der Waals surface area contributed by atoms with Crippen LogP contribution in [0.15, 0.2) is 89.8 Å². The highest BCUT2D eigenvalue weighted by Gasteiger charge is 2.56. The van der Waals surface area contributed by atoms with Crippen LogP contribution >= 0.6 is 0 Å². The third-order valence-corrected chi connectivity index (χ3v) is 8.49. The molecule has 0 saturated heterocycles. The van der Waals surface area contributed by atoms with Crippen molar-refractivity contribution in [3.8, 4) is 6.07 Å². The van der Waals surface area contributed by atoms with Gasteiger partial charge < -0.3 is 9.47 Å². The third kappa shape index (κ3) is 5.01. The molecular weight excluding hydrogens is 434 g/mol. The molecule has 1 aliphatic carbocycles. The van der Waals surface area contributed by atoms with E-state index in [4.69, 9.17) is 9.47 Å². The Morgan fingerprint density at radius 3 is 1.70 bits per heavy atom. The Kier molecular flexibility index (Phi) is 6.94. The fourth-order valence-corrected chi connectivity index (χ4v) is 6.03. The first-order valence-electron chi connectivity index (χ1n) is 11.0. The minimum Gasteiger partial charge on any atom is -0.371 e. The Bertz CT molecular complexity index is 1150. The summed E-state index contributed by atoms with van der Waals surface area (Å²) in [5.74, 6) is 0. The van der Waals surface area contributed by atoms with E-state index in [1.807, 2.05) is 67.6 Å². The van der Waals surface area contributed by atoms with Crippen LogP contribution in [0.4, 0.5) is 0 Å². The van der Waals surface area contributed by atoms with Crippen LogP contribution in [0.2, 0.25) is 0 Å². The Hall–Kier alpha value is -2.98. The quantitative estimate of drug-likeness (QED) is 0.472. The molecule has 0 bridgehead atoms. The van der Waals surface area contributed by atoms with Crippen LogP contribution in [0.5, 0.6) is 0 Å². The van der Waals surface area contributed by atoms with Crippen molar-refractivity contribution in [2.75, 3.05) is 0 Å². The fourth-order valence-electron chi connectivity index (χ4n) is 4.20. The summed E-state index contributed by atoms with van der Waals surface area (Å²) in [4.78, 5) is 0.153. The molecule has 0 N–H and O–H groups in total. The van der Waals surface area contributed by atoms with Crippen LogP contribution in [0.25, 0.3) is 0 Å². The number of benzene rings is 3. The first-order chi connectivity index (χ1) is 15.9. The van der Waals surface area contributed by atoms with E-state index in [1.165, 1.54) is 0 Å². The average molecular weight is 462 g/mol. The SMILES string of the molecule is Cc1ccc(S(=O)(=O)C2(C#N)C[C@@H](OCc3ccccc3)[C@H](OCc3ccccc3)C2)cc1. The third-order valence-electron chi connectivity index (χ3n) is 6.14. The molecule has 6 heteroatoms. The zero-order valence-corrected chi connectivity index (χ0v) is 19.4. The topological polar surface area (TPSA) is 76.4 Å². The van der Waals surface area contributed by atoms with Crippen molar-refractivity contribution in [2.45, 2.75) is 54.8 Å². The van der Waals surface area contributed by atoms with Gasteiger partial charge in [0, 0.05) is 12.8 Å². The number of aryl methyl sites for hydroxylation is 1. The molecule has 1 fully saturated rings. The molecule has 33 heavy (non-hydrogen) atoms. The minimum atomic E-state index is -3.92. The van der Waals surface area contributed by atoms with Gasteiger partial charge in [0.15, 0.2) is 14.6 Å². The second-order valence-electron chi connectivity index (χ2n) is 8.50. The van der Waals surface area contributed by atoms with Crippen LogP contribution in [-0.4, -0.2) is 25.4 Å². The van der Waals surface area contributed by atoms with Gasteiger partial charge in [0.25, 0.3) is 0 Å². The van der Waals surface area contributed by atoms with Crippen LogP contribution in [-0.2, 0) is 32.5 Å². The van der Waals surface area contributed by atoms with Gasteiger partial charge in [0.1, 0.15) is 0 Å². The van der Waals surface area contributed by atoms with Crippen molar-refractivity contribution < 1.29 is 17.9 Å². The lowest BCUT2D eigenvalue weighted by molar-refractivity contribution is -0.0686. The van der Waals surface area contributed by atoms with Gasteiger partial charge in [-0.1, -0.05) is 78.4 Å². The molecule has 0 unspecified atom stereocenters. The molecule has 1 saturated carbocycles. The van der Waals surface area contributed by atoms with Gasteiger partial charge in [-0.2, -0.15) is 5.26 Å². The predicted molar refractivity (Wildman–Crippen MR) is 126 cm³/mol. The average Bonchev–Trinajstić information content (AvgIpc) is 3.23. The van der Waals surface area contributed by atoms with Crippen molar-refractivity contribution in [1.82, 2.24) is 0 Å². The second-order valence-corrected chi connectivity index (χ2v) is 10.8. The van der Waals surface area contributed by atoms with Crippen molar-refractivity contribution in [1.29, 1.82) is 5.26 Å². The molecule has 170 valence electrons. The van der Waals surface area contributed by atoms with E-state index in [0.717, 1.165) is 16.7 Å². The zero-order chi connectivity index (χ0) is 23.3. The van der Waals surface area contributed by atoms with Crippen LogP contribution in [0.1, 0.15) is 29.5 Å². The highest BCUT2D eigenvalue weighted by atomic mass is 32.2. The van der Waals surface area contributed by atoms with Crippen molar-refractivity contribution in [3.63, 3.8) is 0 Å². The summed E-state index contributed by atoms with van der Waals surface area (Å²) in [5, 5.41) is 10.1. The van der Waals surface area contributed by atoms with E-state index in [1.54, 1.807) is 24.3 Å². The molecule has 4 rings (SSSR count). The Labute approximate surface area is 195 Å². The van der Waals surface area contributed by atoms with Gasteiger partial charge in [0.05, 0.1) is 36.4 Å². The molecule has 3 aromatic rings. The smallest absolute Gasteiger partial charge is 0.197 e. The second kappa shape index (κ2) is 9.88. The molecule has 0 spiro atoms. The van der Waals surface area contributed by atoms with E-state index in [9.17, 15) is 13.7 Å². The Morgan fingerprint density at radius 1 is 0.818 bits per heavy atom. The highest BCUT2D eigenvalue weighted by molar-refractivity contribution is 7.93. The van der Waals surface area contributed by atoms with Crippen LogP contribution < -0.4 is 0 Å². The molecule has 0 aromatic heterocycles. The molecule has 0 heterocycles. The first kappa shape index (κ1) is 23.2. The molecule has 1 aliphatic rings. The van der Waals surface area contributed by atoms with Crippen LogP contribution in [0, 0.1) is 18.3 Å². The molecule has 5 nitrogen and oxygen atoms in total. The summed E-state index contributed by atoms with van der Waals surface area (Å²) in [7, 11) is -3.92. The summed E-state index contributed by atoms with van der Waals surface area (Å²) in [6, 6.07) is 28.2. The van der Waals surface area contributed by atoms with Crippen molar-refractivity contribution in [2.24, 2.45) is 0 Å². The first-order valence-corrected chi connectivity index (χ1v) is 12.5. The van der Waals surface area contributed by atoms with Gasteiger partial charge in [-0.25, -0.2) is 8.42 Å². The maximum absolute atomic E-state index is 13.6. The standard InChI is InChI=1S/C27H27NO4S/c1-21-12-14-24(15-13-21)33(29,30)27(20-28)16-25(31-18-22-8-4-2-5-9-22)26(17-27)32-19-23-10-6-3-7-11-23/h2-15,25-26H,16-19H2,1H3/t25-,26-/m1/s1. The van der Waals surface area contributed by atoms with E-state index >= 15 is 0 Å². The zero-order valence-electron chi connectivity index (χ0n) is 18.6. The Morgan fingerprint density at radius 2 is 1.27 bits per heavy atom. The van der Waals surface area contributed by atoms with Crippen molar-refractivity contribution in [3.05, 3.63) is 102 Å².